The normalized spacial score (nSPS) is 25.2. The lowest BCUT2D eigenvalue weighted by atomic mass is 9.83. The highest BCUT2D eigenvalue weighted by Crippen LogP contribution is 2.39. The van der Waals surface area contributed by atoms with Crippen LogP contribution in [0.3, 0.4) is 0 Å². The van der Waals surface area contributed by atoms with Crippen LogP contribution in [0.15, 0.2) is 18.2 Å². The average molecular weight is 247 g/mol. The van der Waals surface area contributed by atoms with Gasteiger partial charge in [0.15, 0.2) is 0 Å². The number of nitrogens with one attached hydrogen (secondary N) is 3. The Bertz CT molecular complexity index is 543. The summed E-state index contributed by atoms with van der Waals surface area (Å²) in [6.07, 6.45) is 0.519. The smallest absolute Gasteiger partial charge is 0.322 e. The van der Waals surface area contributed by atoms with E-state index in [1.165, 1.54) is 0 Å². The van der Waals surface area contributed by atoms with Crippen molar-refractivity contribution < 1.29 is 14.3 Å². The van der Waals surface area contributed by atoms with Crippen LogP contribution in [0.1, 0.15) is 12.0 Å². The highest BCUT2D eigenvalue weighted by atomic mass is 16.5. The molecule has 0 radical (unpaired) electrons. The van der Waals surface area contributed by atoms with E-state index in [0.717, 1.165) is 11.3 Å². The van der Waals surface area contributed by atoms with Gasteiger partial charge < -0.3 is 15.4 Å². The van der Waals surface area contributed by atoms with Crippen LogP contribution in [0.5, 0.6) is 5.75 Å². The highest BCUT2D eigenvalue weighted by Gasteiger charge is 2.50. The summed E-state index contributed by atoms with van der Waals surface area (Å²) in [5, 5.41) is 8.24. The van der Waals surface area contributed by atoms with Crippen molar-refractivity contribution in [3.63, 3.8) is 0 Å². The fourth-order valence-corrected chi connectivity index (χ4v) is 2.53. The predicted molar refractivity (Wildman–Crippen MR) is 64.5 cm³/mol. The second-order valence-electron chi connectivity index (χ2n) is 4.40. The number of ether oxygens (including phenoxy) is 1. The Morgan fingerprint density at radius 1 is 1.33 bits per heavy atom. The van der Waals surface area contributed by atoms with Gasteiger partial charge in [-0.3, -0.25) is 10.1 Å². The summed E-state index contributed by atoms with van der Waals surface area (Å²) >= 11 is 0. The summed E-state index contributed by atoms with van der Waals surface area (Å²) in [7, 11) is 1.57. The number of imide groups is 1. The minimum absolute atomic E-state index is 0.302. The van der Waals surface area contributed by atoms with E-state index in [2.05, 4.69) is 16.0 Å². The van der Waals surface area contributed by atoms with Crippen molar-refractivity contribution in [2.75, 3.05) is 19.0 Å². The van der Waals surface area contributed by atoms with Crippen molar-refractivity contribution in [2.24, 2.45) is 0 Å². The molecule has 0 saturated carbocycles. The van der Waals surface area contributed by atoms with Gasteiger partial charge in [0.2, 0.25) is 0 Å². The summed E-state index contributed by atoms with van der Waals surface area (Å²) in [6.45, 7) is 0.632. The molecule has 1 unspecified atom stereocenters. The first-order chi connectivity index (χ1) is 8.65. The maximum atomic E-state index is 12.1. The Kier molecular flexibility index (Phi) is 2.19. The molecule has 1 fully saturated rings. The lowest BCUT2D eigenvalue weighted by Gasteiger charge is -2.33. The van der Waals surface area contributed by atoms with Crippen LogP contribution < -0.4 is 20.7 Å². The van der Waals surface area contributed by atoms with E-state index in [-0.39, 0.29) is 5.91 Å². The molecule has 6 heteroatoms. The summed E-state index contributed by atoms with van der Waals surface area (Å²) in [6, 6.07) is 5.01. The molecule has 18 heavy (non-hydrogen) atoms. The molecule has 2 aliphatic rings. The van der Waals surface area contributed by atoms with Crippen molar-refractivity contribution in [1.29, 1.82) is 0 Å². The lowest BCUT2D eigenvalue weighted by Crippen LogP contribution is -2.47. The van der Waals surface area contributed by atoms with E-state index < -0.39 is 11.6 Å². The van der Waals surface area contributed by atoms with Crippen LogP contribution in [0.4, 0.5) is 10.5 Å². The SMILES string of the molecule is COc1ccc2c(c1)C1(CCN2)NC(=O)NC1=O. The molecule has 0 bridgehead atoms. The molecule has 1 atom stereocenters. The van der Waals surface area contributed by atoms with Crippen LogP contribution in [-0.2, 0) is 10.3 Å². The van der Waals surface area contributed by atoms with E-state index in [9.17, 15) is 9.59 Å². The minimum Gasteiger partial charge on any atom is -0.497 e. The van der Waals surface area contributed by atoms with Gasteiger partial charge in [0, 0.05) is 24.2 Å². The topological polar surface area (TPSA) is 79.5 Å². The third kappa shape index (κ3) is 1.35. The van der Waals surface area contributed by atoms with E-state index >= 15 is 0 Å². The third-order valence-corrected chi connectivity index (χ3v) is 3.44. The lowest BCUT2D eigenvalue weighted by molar-refractivity contribution is -0.124. The molecule has 1 aromatic rings. The molecular weight excluding hydrogens is 234 g/mol. The number of benzene rings is 1. The van der Waals surface area contributed by atoms with Crippen LogP contribution in [0.2, 0.25) is 0 Å². The third-order valence-electron chi connectivity index (χ3n) is 3.44. The Hall–Kier alpha value is -2.24. The van der Waals surface area contributed by atoms with Gasteiger partial charge in [-0.2, -0.15) is 0 Å². The number of carbonyl (C=O) groups excluding carboxylic acids is 2. The number of hydrogen-bond acceptors (Lipinski definition) is 4. The zero-order valence-electron chi connectivity index (χ0n) is 9.87. The summed E-state index contributed by atoms with van der Waals surface area (Å²) in [5.74, 6) is 0.356. The second kappa shape index (κ2) is 3.63. The molecule has 94 valence electrons. The van der Waals surface area contributed by atoms with E-state index in [0.29, 0.717) is 18.7 Å². The summed E-state index contributed by atoms with van der Waals surface area (Å²) in [5.41, 5.74) is 0.627. The number of amides is 3. The van der Waals surface area contributed by atoms with Crippen molar-refractivity contribution in [3.8, 4) is 5.75 Å². The quantitative estimate of drug-likeness (QED) is 0.633. The van der Waals surface area contributed by atoms with Gasteiger partial charge in [-0.25, -0.2) is 4.79 Å². The molecule has 3 rings (SSSR count). The minimum atomic E-state index is -0.966. The van der Waals surface area contributed by atoms with Crippen LogP contribution in [0, 0.1) is 0 Å². The van der Waals surface area contributed by atoms with Gasteiger partial charge in [0.1, 0.15) is 11.3 Å². The summed E-state index contributed by atoms with van der Waals surface area (Å²) in [4.78, 5) is 23.5. The fraction of sp³-hybridized carbons (Fsp3) is 0.333. The second-order valence-corrected chi connectivity index (χ2v) is 4.40. The number of urea groups is 1. The van der Waals surface area contributed by atoms with Crippen molar-refractivity contribution in [2.45, 2.75) is 12.0 Å². The first kappa shape index (κ1) is 10.9. The largest absolute Gasteiger partial charge is 0.497 e. The van der Waals surface area contributed by atoms with Gasteiger partial charge >= 0.3 is 6.03 Å². The number of hydrogen-bond donors (Lipinski definition) is 3. The van der Waals surface area contributed by atoms with Gasteiger partial charge in [0.05, 0.1) is 7.11 Å². The Morgan fingerprint density at radius 2 is 2.17 bits per heavy atom. The number of anilines is 1. The predicted octanol–water partition coefficient (Wildman–Crippen LogP) is 0.545. The van der Waals surface area contributed by atoms with Crippen molar-refractivity contribution in [3.05, 3.63) is 23.8 Å². The summed E-state index contributed by atoms with van der Waals surface area (Å²) < 4.78 is 5.17. The number of rotatable bonds is 1. The maximum absolute atomic E-state index is 12.1. The van der Waals surface area contributed by atoms with E-state index in [4.69, 9.17) is 4.74 Å². The number of fused-ring (bicyclic) bond motifs is 2. The molecule has 0 aromatic heterocycles. The molecule has 6 nitrogen and oxygen atoms in total. The molecule has 2 heterocycles. The molecule has 0 aliphatic carbocycles. The highest BCUT2D eigenvalue weighted by molar-refractivity contribution is 6.08. The zero-order chi connectivity index (χ0) is 12.8. The molecule has 1 saturated heterocycles. The first-order valence-corrected chi connectivity index (χ1v) is 5.72. The number of methoxy groups -OCH3 is 1. The van der Waals surface area contributed by atoms with Crippen LogP contribution >= 0.6 is 0 Å². The van der Waals surface area contributed by atoms with Gasteiger partial charge in [-0.05, 0) is 18.2 Å². The van der Waals surface area contributed by atoms with Crippen molar-refractivity contribution in [1.82, 2.24) is 10.6 Å². The zero-order valence-corrected chi connectivity index (χ0v) is 9.87. The van der Waals surface area contributed by atoms with E-state index in [1.807, 2.05) is 12.1 Å². The maximum Gasteiger partial charge on any atom is 0.322 e. The van der Waals surface area contributed by atoms with Gasteiger partial charge in [0.25, 0.3) is 5.91 Å². The van der Waals surface area contributed by atoms with E-state index in [1.54, 1.807) is 13.2 Å². The van der Waals surface area contributed by atoms with Gasteiger partial charge in [-0.15, -0.1) is 0 Å². The van der Waals surface area contributed by atoms with Crippen LogP contribution in [0.25, 0.3) is 0 Å². The van der Waals surface area contributed by atoms with Crippen LogP contribution in [-0.4, -0.2) is 25.6 Å². The Morgan fingerprint density at radius 3 is 2.83 bits per heavy atom. The standard InChI is InChI=1S/C12H13N3O3/c1-18-7-2-3-9-8(6-7)12(4-5-13-9)10(16)14-11(17)15-12/h2-3,6,13H,4-5H2,1H3,(H2,14,15,16,17). The Balaban J connectivity index is 2.16. The fourth-order valence-electron chi connectivity index (χ4n) is 2.53. The molecule has 1 spiro atoms. The average Bonchev–Trinajstić information content (AvgIpc) is 2.65. The van der Waals surface area contributed by atoms with Crippen molar-refractivity contribution >= 4 is 17.6 Å². The molecule has 3 amide bonds. The number of carbonyl (C=O) groups is 2. The first-order valence-electron chi connectivity index (χ1n) is 5.72. The molecule has 3 N–H and O–H groups in total. The van der Waals surface area contributed by atoms with Gasteiger partial charge in [-0.1, -0.05) is 0 Å². The Labute approximate surface area is 104 Å². The molecular formula is C12H13N3O3. The molecule has 2 aliphatic heterocycles. The monoisotopic (exact) mass is 247 g/mol. The molecule has 1 aromatic carbocycles.